The monoisotopic (exact) mass is 443 g/mol. The zero-order chi connectivity index (χ0) is 22.5. The second-order valence-electron chi connectivity index (χ2n) is 7.54. The second-order valence-corrected chi connectivity index (χ2v) is 7.54. The molecule has 1 aliphatic heterocycles. The number of carbonyl (C=O) groups excluding carboxylic acids is 1. The van der Waals surface area contributed by atoms with E-state index in [1.807, 2.05) is 12.1 Å². The van der Waals surface area contributed by atoms with Gasteiger partial charge in [-0.25, -0.2) is 18.3 Å². The van der Waals surface area contributed by atoms with Crippen LogP contribution in [0, 0.1) is 5.82 Å². The number of halogens is 2. The van der Waals surface area contributed by atoms with E-state index >= 15 is 0 Å². The molecule has 0 bridgehead atoms. The Balaban J connectivity index is 1.40. The molecule has 1 amide bonds. The van der Waals surface area contributed by atoms with Gasteiger partial charge in [-0.3, -0.25) is 4.90 Å². The summed E-state index contributed by atoms with van der Waals surface area (Å²) in [7, 11) is 0. The highest BCUT2D eigenvalue weighted by Gasteiger charge is 2.33. The lowest BCUT2D eigenvalue weighted by Crippen LogP contribution is -2.27. The Kier molecular flexibility index (Phi) is 6.72. The van der Waals surface area contributed by atoms with Crippen LogP contribution in [0.25, 0.3) is 11.1 Å². The fourth-order valence-corrected chi connectivity index (χ4v) is 3.51. The lowest BCUT2D eigenvalue weighted by Gasteiger charge is -2.15. The molecule has 3 aromatic rings. The van der Waals surface area contributed by atoms with E-state index in [2.05, 4.69) is 15.6 Å². The van der Waals surface area contributed by atoms with Gasteiger partial charge >= 0.3 is 6.09 Å². The van der Waals surface area contributed by atoms with Crippen molar-refractivity contribution in [2.45, 2.75) is 25.3 Å². The molecule has 2 aromatic carbocycles. The highest BCUT2D eigenvalue weighted by molar-refractivity contribution is 5.90. The maximum Gasteiger partial charge on any atom is 0.414 e. The van der Waals surface area contributed by atoms with Crippen LogP contribution in [0.15, 0.2) is 54.9 Å². The van der Waals surface area contributed by atoms with Crippen molar-refractivity contribution < 1.29 is 23.4 Å². The number of cyclic esters (lactones) is 1. The van der Waals surface area contributed by atoms with Crippen LogP contribution in [0.2, 0.25) is 0 Å². The first kappa shape index (κ1) is 21.8. The van der Waals surface area contributed by atoms with Gasteiger partial charge in [-0.1, -0.05) is 29.5 Å². The van der Waals surface area contributed by atoms with Crippen molar-refractivity contribution >= 4 is 11.8 Å². The molecule has 0 saturated carbocycles. The van der Waals surface area contributed by atoms with Gasteiger partial charge in [0, 0.05) is 24.8 Å². The molecule has 1 fully saturated rings. The first-order valence-electron chi connectivity index (χ1n) is 10.2. The Morgan fingerprint density at radius 1 is 1.25 bits per heavy atom. The summed E-state index contributed by atoms with van der Waals surface area (Å²) in [5.41, 5.74) is 2.45. The maximum absolute atomic E-state index is 14.9. The van der Waals surface area contributed by atoms with Gasteiger partial charge in [0.15, 0.2) is 0 Å². The molecule has 10 heteroatoms. The molecular weight excluding hydrogens is 420 g/mol. The van der Waals surface area contributed by atoms with Crippen molar-refractivity contribution in [3.63, 3.8) is 0 Å². The van der Waals surface area contributed by atoms with Gasteiger partial charge in [-0.2, -0.15) is 0 Å². The van der Waals surface area contributed by atoms with Gasteiger partial charge in [0.1, 0.15) is 18.6 Å². The van der Waals surface area contributed by atoms with Crippen LogP contribution in [0.3, 0.4) is 0 Å². The number of hydrogen-bond acceptors (Lipinski definition) is 6. The number of ether oxygens (including phenoxy) is 1. The number of anilines is 1. The molecule has 4 rings (SSSR count). The van der Waals surface area contributed by atoms with Crippen LogP contribution in [0.4, 0.5) is 19.3 Å². The third-order valence-electron chi connectivity index (χ3n) is 5.15. The van der Waals surface area contributed by atoms with Gasteiger partial charge < -0.3 is 15.2 Å². The SMILES string of the molecule is O=C1O[C@@H](Cn2ccnn2)CN1c1ccc(-c2ccc(CNCC(O)CF)cc2)c(F)c1. The van der Waals surface area contributed by atoms with Gasteiger partial charge in [0.2, 0.25) is 0 Å². The summed E-state index contributed by atoms with van der Waals surface area (Å²) >= 11 is 0. The fourth-order valence-electron chi connectivity index (χ4n) is 3.51. The number of nitrogens with one attached hydrogen (secondary N) is 1. The molecule has 1 aromatic heterocycles. The zero-order valence-corrected chi connectivity index (χ0v) is 17.2. The summed E-state index contributed by atoms with van der Waals surface area (Å²) in [4.78, 5) is 13.7. The second kappa shape index (κ2) is 9.84. The smallest absolute Gasteiger partial charge is 0.414 e. The number of aliphatic hydroxyl groups excluding tert-OH is 1. The van der Waals surface area contributed by atoms with Gasteiger partial charge in [-0.05, 0) is 29.3 Å². The Morgan fingerprint density at radius 3 is 2.75 bits per heavy atom. The molecule has 0 aliphatic carbocycles. The number of alkyl halides is 1. The molecule has 1 unspecified atom stereocenters. The number of nitrogens with zero attached hydrogens (tertiary/aromatic N) is 4. The minimum absolute atomic E-state index is 0.160. The summed E-state index contributed by atoms with van der Waals surface area (Å²) in [6.45, 7) is 0.491. The minimum atomic E-state index is -1.02. The largest absolute Gasteiger partial charge is 0.442 e. The maximum atomic E-state index is 14.9. The first-order valence-corrected chi connectivity index (χ1v) is 10.2. The minimum Gasteiger partial charge on any atom is -0.442 e. The van der Waals surface area contributed by atoms with E-state index < -0.39 is 30.8 Å². The number of benzene rings is 2. The van der Waals surface area contributed by atoms with Crippen molar-refractivity contribution in [3.05, 3.63) is 66.2 Å². The highest BCUT2D eigenvalue weighted by atomic mass is 19.1. The molecule has 168 valence electrons. The zero-order valence-electron chi connectivity index (χ0n) is 17.2. The standard InChI is InChI=1S/C22H23F2N5O3/c23-10-18(30)12-25-11-15-1-3-16(4-2-15)20-6-5-17(9-21(20)24)29-14-19(32-22(29)31)13-28-8-7-26-27-28/h1-9,18-19,25,30H,10-14H2/t18?,19-/m0/s1. The molecule has 32 heavy (non-hydrogen) atoms. The number of aliphatic hydroxyl groups is 1. The Hall–Kier alpha value is -3.37. The molecular formula is C22H23F2N5O3. The summed E-state index contributed by atoms with van der Waals surface area (Å²) < 4.78 is 34.1. The highest BCUT2D eigenvalue weighted by Crippen LogP contribution is 2.29. The predicted octanol–water partition coefficient (Wildman–Crippen LogP) is 2.53. The Labute approximate surface area is 183 Å². The molecule has 0 radical (unpaired) electrons. The van der Waals surface area contributed by atoms with Gasteiger partial charge in [0.05, 0.1) is 31.1 Å². The van der Waals surface area contributed by atoms with Crippen molar-refractivity contribution in [3.8, 4) is 11.1 Å². The number of carbonyl (C=O) groups is 1. The number of hydrogen-bond donors (Lipinski definition) is 2. The average Bonchev–Trinajstić information content (AvgIpc) is 3.44. The van der Waals surface area contributed by atoms with E-state index in [9.17, 15) is 18.7 Å². The summed E-state index contributed by atoms with van der Waals surface area (Å²) in [6, 6.07) is 11.9. The van der Waals surface area contributed by atoms with Crippen molar-refractivity contribution in [2.75, 3.05) is 24.7 Å². The fraction of sp³-hybridized carbons (Fsp3) is 0.318. The average molecular weight is 443 g/mol. The van der Waals surface area contributed by atoms with E-state index in [0.717, 1.165) is 5.56 Å². The normalized spacial score (nSPS) is 16.9. The van der Waals surface area contributed by atoms with Gasteiger partial charge in [-0.15, -0.1) is 5.10 Å². The lowest BCUT2D eigenvalue weighted by molar-refractivity contribution is 0.129. The van der Waals surface area contributed by atoms with Crippen LogP contribution in [0.5, 0.6) is 0 Å². The predicted molar refractivity (Wildman–Crippen MR) is 113 cm³/mol. The quantitative estimate of drug-likeness (QED) is 0.528. The van der Waals surface area contributed by atoms with Crippen LogP contribution in [0.1, 0.15) is 5.56 Å². The Bertz CT molecular complexity index is 1050. The van der Waals surface area contributed by atoms with E-state index in [-0.39, 0.29) is 13.1 Å². The number of rotatable bonds is 9. The van der Waals surface area contributed by atoms with Crippen LogP contribution in [-0.2, 0) is 17.8 Å². The summed E-state index contributed by atoms with van der Waals surface area (Å²) in [5.74, 6) is -0.452. The van der Waals surface area contributed by atoms with E-state index in [1.165, 1.54) is 11.0 Å². The van der Waals surface area contributed by atoms with Crippen LogP contribution < -0.4 is 10.2 Å². The van der Waals surface area contributed by atoms with E-state index in [1.54, 1.807) is 41.3 Å². The third kappa shape index (κ3) is 5.09. The molecule has 2 atom stereocenters. The van der Waals surface area contributed by atoms with Crippen molar-refractivity contribution in [1.29, 1.82) is 0 Å². The molecule has 8 nitrogen and oxygen atoms in total. The summed E-state index contributed by atoms with van der Waals surface area (Å²) in [6.07, 6.45) is 1.27. The van der Waals surface area contributed by atoms with Crippen molar-refractivity contribution in [2.24, 2.45) is 0 Å². The van der Waals surface area contributed by atoms with Crippen LogP contribution in [-0.4, -0.2) is 58.2 Å². The molecule has 1 saturated heterocycles. The van der Waals surface area contributed by atoms with Crippen molar-refractivity contribution in [1.82, 2.24) is 20.3 Å². The Morgan fingerprint density at radius 2 is 2.06 bits per heavy atom. The molecule has 2 heterocycles. The lowest BCUT2D eigenvalue weighted by atomic mass is 10.0. The summed E-state index contributed by atoms with van der Waals surface area (Å²) in [5, 5.41) is 19.8. The van der Waals surface area contributed by atoms with Crippen LogP contribution >= 0.6 is 0 Å². The molecule has 1 aliphatic rings. The molecule has 0 spiro atoms. The van der Waals surface area contributed by atoms with E-state index in [4.69, 9.17) is 4.74 Å². The number of amides is 1. The molecule has 2 N–H and O–H groups in total. The van der Waals surface area contributed by atoms with Gasteiger partial charge in [0.25, 0.3) is 0 Å². The topological polar surface area (TPSA) is 92.5 Å². The number of aromatic nitrogens is 3. The first-order chi connectivity index (χ1) is 15.5. The van der Waals surface area contributed by atoms with E-state index in [0.29, 0.717) is 29.9 Å². The third-order valence-corrected chi connectivity index (χ3v) is 5.15.